The second-order valence-electron chi connectivity index (χ2n) is 4.89. The van der Waals surface area contributed by atoms with Gasteiger partial charge in [0, 0.05) is 6.04 Å². The Morgan fingerprint density at radius 1 is 1.38 bits per heavy atom. The number of carbonyl (C=O) groups is 1. The Kier molecular flexibility index (Phi) is 5.54. The summed E-state index contributed by atoms with van der Waals surface area (Å²) in [5.74, 6) is -1.29. The number of alkyl halides is 3. The zero-order valence-electron chi connectivity index (χ0n) is 11.7. The van der Waals surface area contributed by atoms with Crippen molar-refractivity contribution in [3.63, 3.8) is 0 Å². The molecule has 0 heterocycles. The smallest absolute Gasteiger partial charge is 0.397 e. The third-order valence-electron chi connectivity index (χ3n) is 2.75. The normalized spacial score (nSPS) is 12.0. The SMILES string of the molecule is CC(C)N(CC(=O)Nc1cc(F)ccc1N)CC(F)(F)F. The molecule has 0 spiro atoms. The van der Waals surface area contributed by atoms with Crippen molar-refractivity contribution in [3.8, 4) is 0 Å². The van der Waals surface area contributed by atoms with Crippen LogP contribution in [0.3, 0.4) is 0 Å². The topological polar surface area (TPSA) is 58.4 Å². The number of nitrogens with two attached hydrogens (primary N) is 1. The van der Waals surface area contributed by atoms with Crippen LogP contribution in [0.4, 0.5) is 28.9 Å². The molecule has 4 nitrogen and oxygen atoms in total. The molecule has 3 N–H and O–H groups in total. The molecule has 1 aromatic carbocycles. The fourth-order valence-electron chi connectivity index (χ4n) is 1.66. The fraction of sp³-hybridized carbons (Fsp3) is 0.462. The minimum atomic E-state index is -4.40. The molecule has 8 heteroatoms. The molecule has 0 aliphatic carbocycles. The first-order chi connectivity index (χ1) is 9.58. The van der Waals surface area contributed by atoms with E-state index in [0.717, 1.165) is 17.0 Å². The maximum absolute atomic E-state index is 13.0. The number of nitrogen functional groups attached to an aromatic ring is 1. The van der Waals surface area contributed by atoms with Crippen LogP contribution in [-0.2, 0) is 4.79 Å². The summed E-state index contributed by atoms with van der Waals surface area (Å²) >= 11 is 0. The number of amides is 1. The van der Waals surface area contributed by atoms with E-state index in [1.165, 1.54) is 6.07 Å². The number of nitrogens with one attached hydrogen (secondary N) is 1. The highest BCUT2D eigenvalue weighted by molar-refractivity contribution is 5.95. The summed E-state index contributed by atoms with van der Waals surface area (Å²) in [4.78, 5) is 12.7. The lowest BCUT2D eigenvalue weighted by atomic mass is 10.2. The first-order valence-corrected chi connectivity index (χ1v) is 6.24. The minimum Gasteiger partial charge on any atom is -0.397 e. The van der Waals surface area contributed by atoms with Crippen molar-refractivity contribution in [2.45, 2.75) is 26.1 Å². The van der Waals surface area contributed by atoms with E-state index in [1.807, 2.05) is 0 Å². The van der Waals surface area contributed by atoms with Crippen molar-refractivity contribution < 1.29 is 22.4 Å². The lowest BCUT2D eigenvalue weighted by Gasteiger charge is -2.26. The minimum absolute atomic E-state index is 0.0377. The van der Waals surface area contributed by atoms with Crippen molar-refractivity contribution in [1.29, 1.82) is 0 Å². The molecule has 0 aliphatic rings. The second-order valence-corrected chi connectivity index (χ2v) is 4.89. The molecule has 0 saturated heterocycles. The first-order valence-electron chi connectivity index (χ1n) is 6.24. The molecule has 0 aromatic heterocycles. The van der Waals surface area contributed by atoms with Crippen molar-refractivity contribution in [2.24, 2.45) is 0 Å². The number of carbonyl (C=O) groups excluding carboxylic acids is 1. The van der Waals surface area contributed by atoms with E-state index in [-0.39, 0.29) is 11.4 Å². The van der Waals surface area contributed by atoms with E-state index >= 15 is 0 Å². The van der Waals surface area contributed by atoms with Gasteiger partial charge in [0.25, 0.3) is 0 Å². The van der Waals surface area contributed by atoms with Crippen LogP contribution in [0.1, 0.15) is 13.8 Å². The summed E-state index contributed by atoms with van der Waals surface area (Å²) in [6.45, 7) is 1.44. The Hall–Kier alpha value is -1.83. The van der Waals surface area contributed by atoms with Gasteiger partial charge in [-0.1, -0.05) is 0 Å². The predicted molar refractivity (Wildman–Crippen MR) is 72.2 cm³/mol. The summed E-state index contributed by atoms with van der Waals surface area (Å²) in [6, 6.07) is 2.93. The predicted octanol–water partition coefficient (Wildman–Crippen LogP) is 2.62. The van der Waals surface area contributed by atoms with E-state index in [2.05, 4.69) is 5.32 Å². The largest absolute Gasteiger partial charge is 0.401 e. The van der Waals surface area contributed by atoms with Crippen molar-refractivity contribution in [2.75, 3.05) is 24.1 Å². The van der Waals surface area contributed by atoms with Gasteiger partial charge in [-0.3, -0.25) is 9.69 Å². The van der Waals surface area contributed by atoms with Gasteiger partial charge in [-0.15, -0.1) is 0 Å². The van der Waals surface area contributed by atoms with Crippen LogP contribution in [0.25, 0.3) is 0 Å². The Labute approximate surface area is 119 Å². The highest BCUT2D eigenvalue weighted by atomic mass is 19.4. The van der Waals surface area contributed by atoms with Crippen LogP contribution in [-0.4, -0.2) is 36.1 Å². The van der Waals surface area contributed by atoms with E-state index in [1.54, 1.807) is 13.8 Å². The van der Waals surface area contributed by atoms with Crippen LogP contribution in [0.15, 0.2) is 18.2 Å². The second kappa shape index (κ2) is 6.75. The highest BCUT2D eigenvalue weighted by Gasteiger charge is 2.32. The van der Waals surface area contributed by atoms with Crippen molar-refractivity contribution in [1.82, 2.24) is 4.90 Å². The number of hydrogen-bond acceptors (Lipinski definition) is 3. The molecule has 21 heavy (non-hydrogen) atoms. The zero-order chi connectivity index (χ0) is 16.2. The molecular formula is C13H17F4N3O. The standard InChI is InChI=1S/C13H17F4N3O/c1-8(2)20(7-13(15,16)17)6-12(21)19-11-5-9(14)3-4-10(11)18/h3-5,8H,6-7,18H2,1-2H3,(H,19,21). The zero-order valence-corrected chi connectivity index (χ0v) is 11.7. The third kappa shape index (κ3) is 5.99. The number of benzene rings is 1. The van der Waals surface area contributed by atoms with Gasteiger partial charge in [0.1, 0.15) is 5.82 Å². The molecule has 1 amide bonds. The van der Waals surface area contributed by atoms with Gasteiger partial charge in [0.05, 0.1) is 24.5 Å². The molecule has 1 rings (SSSR count). The average Bonchev–Trinajstić information content (AvgIpc) is 2.31. The summed E-state index contributed by atoms with van der Waals surface area (Å²) in [7, 11) is 0. The van der Waals surface area contributed by atoms with Gasteiger partial charge in [-0.05, 0) is 32.0 Å². The Balaban J connectivity index is 2.72. The molecular weight excluding hydrogens is 290 g/mol. The van der Waals surface area contributed by atoms with Gasteiger partial charge >= 0.3 is 6.18 Å². The fourth-order valence-corrected chi connectivity index (χ4v) is 1.66. The molecule has 0 unspecified atom stereocenters. The van der Waals surface area contributed by atoms with E-state index in [9.17, 15) is 22.4 Å². The number of anilines is 2. The lowest BCUT2D eigenvalue weighted by molar-refractivity contribution is -0.151. The quantitative estimate of drug-likeness (QED) is 0.649. The molecule has 1 aromatic rings. The maximum Gasteiger partial charge on any atom is 0.401 e. The molecule has 0 atom stereocenters. The summed E-state index contributed by atoms with van der Waals surface area (Å²) < 4.78 is 50.3. The summed E-state index contributed by atoms with van der Waals surface area (Å²) in [5, 5.41) is 2.31. The molecule has 0 aliphatic heterocycles. The number of nitrogens with zero attached hydrogens (tertiary/aromatic N) is 1. The van der Waals surface area contributed by atoms with Gasteiger partial charge < -0.3 is 11.1 Å². The van der Waals surface area contributed by atoms with Crippen LogP contribution in [0.5, 0.6) is 0 Å². The monoisotopic (exact) mass is 307 g/mol. The van der Waals surface area contributed by atoms with Crippen LogP contribution in [0, 0.1) is 5.82 Å². The van der Waals surface area contributed by atoms with Gasteiger partial charge in [0.2, 0.25) is 5.91 Å². The summed E-state index contributed by atoms with van der Waals surface area (Å²) in [6.07, 6.45) is -4.40. The van der Waals surface area contributed by atoms with Crippen LogP contribution < -0.4 is 11.1 Å². The molecule has 118 valence electrons. The number of hydrogen-bond donors (Lipinski definition) is 2. The van der Waals surface area contributed by atoms with Crippen molar-refractivity contribution in [3.05, 3.63) is 24.0 Å². The van der Waals surface area contributed by atoms with Crippen molar-refractivity contribution >= 4 is 17.3 Å². The lowest BCUT2D eigenvalue weighted by Crippen LogP contribution is -2.43. The molecule has 0 saturated carbocycles. The molecule has 0 bridgehead atoms. The van der Waals surface area contributed by atoms with Crippen LogP contribution in [0.2, 0.25) is 0 Å². The summed E-state index contributed by atoms with van der Waals surface area (Å²) in [5.41, 5.74) is 5.73. The number of rotatable bonds is 5. The molecule has 0 fully saturated rings. The van der Waals surface area contributed by atoms with Gasteiger partial charge in [-0.2, -0.15) is 13.2 Å². The highest BCUT2D eigenvalue weighted by Crippen LogP contribution is 2.20. The Morgan fingerprint density at radius 3 is 2.52 bits per heavy atom. The first kappa shape index (κ1) is 17.2. The molecule has 0 radical (unpaired) electrons. The van der Waals surface area contributed by atoms with E-state index < -0.39 is 37.0 Å². The van der Waals surface area contributed by atoms with Gasteiger partial charge in [-0.25, -0.2) is 4.39 Å². The maximum atomic E-state index is 13.0. The van der Waals surface area contributed by atoms with Crippen LogP contribution >= 0.6 is 0 Å². The average molecular weight is 307 g/mol. The Morgan fingerprint density at radius 2 is 2.00 bits per heavy atom. The van der Waals surface area contributed by atoms with E-state index in [4.69, 9.17) is 5.73 Å². The number of halogens is 4. The van der Waals surface area contributed by atoms with E-state index in [0.29, 0.717) is 0 Å². The Bertz CT molecular complexity index is 503. The third-order valence-corrected chi connectivity index (χ3v) is 2.75. The van der Waals surface area contributed by atoms with Gasteiger partial charge in [0.15, 0.2) is 0 Å².